The van der Waals surface area contributed by atoms with Crippen molar-refractivity contribution in [2.75, 3.05) is 0 Å². The summed E-state index contributed by atoms with van der Waals surface area (Å²) < 4.78 is 0. The van der Waals surface area contributed by atoms with E-state index in [1.165, 1.54) is 72.0 Å². The van der Waals surface area contributed by atoms with Crippen molar-refractivity contribution in [1.82, 2.24) is 5.32 Å². The summed E-state index contributed by atoms with van der Waals surface area (Å²) in [4.78, 5) is 10.1. The average Bonchev–Trinajstić information content (AvgIpc) is 3.78. The molecule has 9 aromatic rings. The number of aliphatic imine (C=N–C) groups is 2. The quantitative estimate of drug-likeness (QED) is 0.187. The zero-order valence-electron chi connectivity index (χ0n) is 32.2. The Balaban J connectivity index is 1.04. The Bertz CT molecular complexity index is 3120. The molecule has 3 nitrogen and oxygen atoms in total. The van der Waals surface area contributed by atoms with Gasteiger partial charge < -0.3 is 5.32 Å². The molecule has 1 spiro atoms. The summed E-state index contributed by atoms with van der Waals surface area (Å²) in [5.41, 5.74) is 18.1. The molecule has 0 saturated heterocycles. The number of hydrogen-bond acceptors (Lipinski definition) is 3. The zero-order valence-corrected chi connectivity index (χ0v) is 32.2. The molecule has 1 N–H and O–H groups in total. The molecule has 1 unspecified atom stereocenters. The molecule has 0 aromatic heterocycles. The second-order valence-electron chi connectivity index (χ2n) is 15.7. The van der Waals surface area contributed by atoms with Gasteiger partial charge in [-0.3, -0.25) is 0 Å². The highest BCUT2D eigenvalue weighted by Gasteiger charge is 2.52. The molecule has 0 bridgehead atoms. The third kappa shape index (κ3) is 5.08. The van der Waals surface area contributed by atoms with Crippen molar-refractivity contribution in [2.24, 2.45) is 9.98 Å². The van der Waals surface area contributed by atoms with Gasteiger partial charge in [0.15, 0.2) is 5.84 Å². The summed E-state index contributed by atoms with van der Waals surface area (Å²) in [6.45, 7) is 0. The van der Waals surface area contributed by atoms with Gasteiger partial charge in [-0.1, -0.05) is 200 Å². The van der Waals surface area contributed by atoms with Crippen molar-refractivity contribution in [3.05, 3.63) is 251 Å². The molecule has 2 aliphatic carbocycles. The Labute approximate surface area is 343 Å². The third-order valence-corrected chi connectivity index (χ3v) is 12.5. The molecule has 0 saturated carbocycles. The molecule has 59 heavy (non-hydrogen) atoms. The Morgan fingerprint density at radius 3 is 1.68 bits per heavy atom. The molecule has 0 radical (unpaired) electrons. The van der Waals surface area contributed by atoms with E-state index in [1.807, 2.05) is 24.3 Å². The molecular weight excluding hydrogens is 715 g/mol. The predicted molar refractivity (Wildman–Crippen MR) is 243 cm³/mol. The smallest absolute Gasteiger partial charge is 0.159 e. The molecular formula is C56H37N3. The van der Waals surface area contributed by atoms with Crippen molar-refractivity contribution in [3.8, 4) is 44.5 Å². The fourth-order valence-electron chi connectivity index (χ4n) is 9.98. The molecule has 3 heteroatoms. The van der Waals surface area contributed by atoms with Crippen LogP contribution in [-0.4, -0.2) is 11.7 Å². The van der Waals surface area contributed by atoms with Crippen molar-refractivity contribution >= 4 is 22.4 Å². The third-order valence-electron chi connectivity index (χ3n) is 12.5. The van der Waals surface area contributed by atoms with Gasteiger partial charge in [0.2, 0.25) is 0 Å². The molecule has 1 heterocycles. The second-order valence-corrected chi connectivity index (χ2v) is 15.7. The minimum atomic E-state index is -0.484. The van der Waals surface area contributed by atoms with Gasteiger partial charge in [0.25, 0.3) is 0 Å². The fourth-order valence-corrected chi connectivity index (χ4v) is 9.98. The van der Waals surface area contributed by atoms with Crippen LogP contribution in [0.4, 0.5) is 0 Å². The van der Waals surface area contributed by atoms with Crippen molar-refractivity contribution in [3.63, 3.8) is 0 Å². The highest BCUT2D eigenvalue weighted by Crippen LogP contribution is 2.65. The van der Waals surface area contributed by atoms with E-state index in [0.29, 0.717) is 0 Å². The standard InChI is InChI=1S/C56H37N3/c1-4-16-37(17-5-1)51-43-23-11-10-22-42(43)35-50-52(51)46-33-32-41(34-49(46)56(50)47-26-14-12-24-44(47)45-25-13-15-27-48(45)56)36-28-30-40(31-29-36)55-58-53(38-18-6-2-7-19-38)57-54(59-55)39-20-8-3-9-21-39/h1-35,53H,(H,57,58,59). The number of amidine groups is 2. The molecule has 276 valence electrons. The van der Waals surface area contributed by atoms with Crippen LogP contribution in [0.3, 0.4) is 0 Å². The van der Waals surface area contributed by atoms with E-state index in [0.717, 1.165) is 33.9 Å². The van der Waals surface area contributed by atoms with Crippen LogP contribution in [0.15, 0.2) is 222 Å². The minimum Gasteiger partial charge on any atom is -0.344 e. The monoisotopic (exact) mass is 751 g/mol. The maximum Gasteiger partial charge on any atom is 0.159 e. The van der Waals surface area contributed by atoms with Crippen molar-refractivity contribution in [1.29, 1.82) is 0 Å². The number of nitrogens with one attached hydrogen (secondary N) is 1. The second kappa shape index (κ2) is 13.2. The van der Waals surface area contributed by atoms with E-state index < -0.39 is 5.41 Å². The number of rotatable bonds is 5. The molecule has 1 aliphatic heterocycles. The summed E-state index contributed by atoms with van der Waals surface area (Å²) in [5.74, 6) is 1.53. The van der Waals surface area contributed by atoms with Gasteiger partial charge in [-0.05, 0) is 95.2 Å². The summed E-state index contributed by atoms with van der Waals surface area (Å²) in [7, 11) is 0. The zero-order chi connectivity index (χ0) is 38.9. The summed E-state index contributed by atoms with van der Waals surface area (Å²) in [6, 6.07) is 77.1. The molecule has 0 fully saturated rings. The first kappa shape index (κ1) is 33.5. The summed E-state index contributed by atoms with van der Waals surface area (Å²) in [6.07, 6.45) is -0.247. The lowest BCUT2D eigenvalue weighted by Crippen LogP contribution is -2.33. The fraction of sp³-hybridized carbons (Fsp3) is 0.0357. The molecule has 3 aliphatic rings. The predicted octanol–water partition coefficient (Wildman–Crippen LogP) is 13.0. The number of fused-ring (bicyclic) bond motifs is 11. The molecule has 1 atom stereocenters. The van der Waals surface area contributed by atoms with Crippen LogP contribution in [0, 0.1) is 0 Å². The topological polar surface area (TPSA) is 36.8 Å². The number of hydrogen-bond donors (Lipinski definition) is 1. The first-order chi connectivity index (χ1) is 29.3. The number of benzene rings is 9. The van der Waals surface area contributed by atoms with Gasteiger partial charge in [-0.2, -0.15) is 0 Å². The van der Waals surface area contributed by atoms with Gasteiger partial charge in [0.05, 0.1) is 5.41 Å². The Hall–Kier alpha value is -7.62. The highest BCUT2D eigenvalue weighted by atomic mass is 15.2. The van der Waals surface area contributed by atoms with Crippen LogP contribution >= 0.6 is 0 Å². The first-order valence-corrected chi connectivity index (χ1v) is 20.4. The van der Waals surface area contributed by atoms with E-state index in [2.05, 4.69) is 193 Å². The Kier molecular flexibility index (Phi) is 7.51. The van der Waals surface area contributed by atoms with Crippen LogP contribution < -0.4 is 5.32 Å². The van der Waals surface area contributed by atoms with Crippen LogP contribution in [0.2, 0.25) is 0 Å². The van der Waals surface area contributed by atoms with Crippen LogP contribution in [-0.2, 0) is 5.41 Å². The van der Waals surface area contributed by atoms with E-state index in [-0.39, 0.29) is 6.17 Å². The summed E-state index contributed by atoms with van der Waals surface area (Å²) >= 11 is 0. The van der Waals surface area contributed by atoms with Crippen LogP contribution in [0.5, 0.6) is 0 Å². The minimum absolute atomic E-state index is 0.247. The maximum atomic E-state index is 5.07. The number of nitrogens with zero attached hydrogens (tertiary/aromatic N) is 2. The average molecular weight is 752 g/mol. The normalized spacial score (nSPS) is 15.4. The van der Waals surface area contributed by atoms with Crippen LogP contribution in [0.1, 0.15) is 45.1 Å². The van der Waals surface area contributed by atoms with E-state index >= 15 is 0 Å². The maximum absolute atomic E-state index is 5.07. The van der Waals surface area contributed by atoms with Gasteiger partial charge >= 0.3 is 0 Å². The highest BCUT2D eigenvalue weighted by molar-refractivity contribution is 6.13. The van der Waals surface area contributed by atoms with E-state index in [4.69, 9.17) is 9.98 Å². The largest absolute Gasteiger partial charge is 0.344 e. The van der Waals surface area contributed by atoms with Gasteiger partial charge in [0, 0.05) is 11.1 Å². The van der Waals surface area contributed by atoms with E-state index in [9.17, 15) is 0 Å². The Morgan fingerprint density at radius 1 is 0.390 bits per heavy atom. The van der Waals surface area contributed by atoms with Crippen LogP contribution in [0.25, 0.3) is 55.3 Å². The van der Waals surface area contributed by atoms with Crippen molar-refractivity contribution in [2.45, 2.75) is 11.6 Å². The molecule has 9 aromatic carbocycles. The van der Waals surface area contributed by atoms with Gasteiger partial charge in [-0.15, -0.1) is 0 Å². The Morgan fingerprint density at radius 2 is 0.966 bits per heavy atom. The van der Waals surface area contributed by atoms with Gasteiger partial charge in [-0.25, -0.2) is 9.98 Å². The lowest BCUT2D eigenvalue weighted by atomic mass is 9.69. The lowest BCUT2D eigenvalue weighted by Gasteiger charge is -2.31. The first-order valence-electron chi connectivity index (χ1n) is 20.4. The lowest BCUT2D eigenvalue weighted by molar-refractivity contribution is 0.674. The SMILES string of the molecule is c1ccc(C2=NC(c3ccccc3)NC(c3ccc(-c4ccc5c(c4)C4(c6ccccc6-c6ccccc64)c4cc6ccccc6c(-c6ccccc6)c4-5)cc3)=N2)cc1. The van der Waals surface area contributed by atoms with Crippen molar-refractivity contribution < 1.29 is 0 Å². The molecule has 0 amide bonds. The molecule has 12 rings (SSSR count). The summed E-state index contributed by atoms with van der Waals surface area (Å²) in [5, 5.41) is 6.16. The van der Waals surface area contributed by atoms with Gasteiger partial charge in [0.1, 0.15) is 12.0 Å². The van der Waals surface area contributed by atoms with E-state index in [1.54, 1.807) is 0 Å².